The molecule has 0 radical (unpaired) electrons. The summed E-state index contributed by atoms with van der Waals surface area (Å²) in [7, 11) is 4.76. The van der Waals surface area contributed by atoms with Crippen LogP contribution in [0.1, 0.15) is 35.9 Å². The molecule has 0 spiro atoms. The molecule has 3 aromatic carbocycles. The monoisotopic (exact) mass is 490 g/mol. The maximum Gasteiger partial charge on any atom is 0.203 e. The number of halogens is 1. The Morgan fingerprint density at radius 2 is 1.54 bits per heavy atom. The summed E-state index contributed by atoms with van der Waals surface area (Å²) >= 11 is 6.10. The van der Waals surface area contributed by atoms with Crippen molar-refractivity contribution in [3.05, 3.63) is 88.1 Å². The number of ether oxygens (including phenoxy) is 3. The molecule has 2 N–H and O–H groups in total. The molecule has 0 fully saturated rings. The first-order valence-corrected chi connectivity index (χ1v) is 11.8. The van der Waals surface area contributed by atoms with Crippen LogP contribution >= 0.6 is 11.6 Å². The third-order valence-corrected chi connectivity index (χ3v) is 6.95. The van der Waals surface area contributed by atoms with Crippen molar-refractivity contribution in [3.63, 3.8) is 0 Å². The molecule has 1 aliphatic carbocycles. The number of methoxy groups -OCH3 is 3. The van der Waals surface area contributed by atoms with Gasteiger partial charge in [0.15, 0.2) is 17.3 Å². The van der Waals surface area contributed by atoms with E-state index in [4.69, 9.17) is 25.8 Å². The van der Waals surface area contributed by atoms with Crippen molar-refractivity contribution in [3.8, 4) is 17.2 Å². The molecular formula is C28H27ClN2O4. The van der Waals surface area contributed by atoms with Crippen molar-refractivity contribution in [1.29, 1.82) is 0 Å². The van der Waals surface area contributed by atoms with Gasteiger partial charge in [0.1, 0.15) is 0 Å². The summed E-state index contributed by atoms with van der Waals surface area (Å²) in [5.74, 6) is 1.73. The summed E-state index contributed by atoms with van der Waals surface area (Å²) in [5, 5.41) is 7.84. The van der Waals surface area contributed by atoms with Crippen molar-refractivity contribution >= 4 is 28.8 Å². The minimum Gasteiger partial charge on any atom is -0.493 e. The number of carbonyl (C=O) groups is 1. The highest BCUT2D eigenvalue weighted by Gasteiger charge is 2.38. The number of fused-ring (bicyclic) bond motifs is 1. The van der Waals surface area contributed by atoms with E-state index >= 15 is 0 Å². The van der Waals surface area contributed by atoms with E-state index in [2.05, 4.69) is 10.6 Å². The molecule has 5 rings (SSSR count). The van der Waals surface area contributed by atoms with E-state index in [9.17, 15) is 4.79 Å². The van der Waals surface area contributed by atoms with Gasteiger partial charge >= 0.3 is 0 Å². The van der Waals surface area contributed by atoms with Crippen LogP contribution in [0.3, 0.4) is 0 Å². The SMILES string of the molecule is COc1ccc(C2Nc3ccccc3NC3=C2C(=O)CC(c2ccc(Cl)cc2)C3)c(OC)c1OC. The number of rotatable bonds is 5. The largest absolute Gasteiger partial charge is 0.493 e. The number of para-hydroxylation sites is 2. The lowest BCUT2D eigenvalue weighted by Crippen LogP contribution is -2.27. The highest BCUT2D eigenvalue weighted by molar-refractivity contribution is 6.30. The number of allylic oxidation sites excluding steroid dienone is 1. The highest BCUT2D eigenvalue weighted by atomic mass is 35.5. The maximum absolute atomic E-state index is 13.8. The first kappa shape index (κ1) is 23.1. The molecule has 2 atom stereocenters. The van der Waals surface area contributed by atoms with Gasteiger partial charge in [0, 0.05) is 28.3 Å². The average Bonchev–Trinajstić information content (AvgIpc) is 3.04. The van der Waals surface area contributed by atoms with Gasteiger partial charge in [-0.1, -0.05) is 35.9 Å². The fourth-order valence-corrected chi connectivity index (χ4v) is 5.17. The topological polar surface area (TPSA) is 68.8 Å². The molecule has 2 unspecified atom stereocenters. The minimum atomic E-state index is -0.436. The Balaban J connectivity index is 1.66. The van der Waals surface area contributed by atoms with Crippen LogP contribution in [0.2, 0.25) is 5.02 Å². The molecule has 2 aliphatic rings. The lowest BCUT2D eigenvalue weighted by Gasteiger charge is -2.31. The number of nitrogens with one attached hydrogen (secondary N) is 2. The smallest absolute Gasteiger partial charge is 0.203 e. The number of carbonyl (C=O) groups excluding carboxylic acids is 1. The van der Waals surface area contributed by atoms with Gasteiger partial charge in [-0.25, -0.2) is 0 Å². The molecule has 0 aromatic heterocycles. The van der Waals surface area contributed by atoms with E-state index in [1.165, 1.54) is 0 Å². The second-order valence-electron chi connectivity index (χ2n) is 8.64. The van der Waals surface area contributed by atoms with Gasteiger partial charge < -0.3 is 24.8 Å². The minimum absolute atomic E-state index is 0.0595. The summed E-state index contributed by atoms with van der Waals surface area (Å²) in [6.07, 6.45) is 1.11. The van der Waals surface area contributed by atoms with E-state index in [0.29, 0.717) is 40.7 Å². The molecule has 0 bridgehead atoms. The number of benzene rings is 3. The Hall–Kier alpha value is -3.64. The van der Waals surface area contributed by atoms with Gasteiger partial charge in [-0.3, -0.25) is 4.79 Å². The zero-order chi connectivity index (χ0) is 24.5. The fourth-order valence-electron chi connectivity index (χ4n) is 5.05. The molecule has 3 aromatic rings. The standard InChI is InChI=1S/C28H27ClN2O4/c1-33-24-13-12-19(27(34-2)28(24)35-3)26-25-22(30-20-6-4-5-7-21(20)31-26)14-17(15-23(25)32)16-8-10-18(29)11-9-16/h4-13,17,26,30-31H,14-15H2,1-3H3. The van der Waals surface area contributed by atoms with E-state index in [1.807, 2.05) is 60.7 Å². The molecular weight excluding hydrogens is 464 g/mol. The van der Waals surface area contributed by atoms with E-state index in [0.717, 1.165) is 28.2 Å². The molecule has 7 heteroatoms. The van der Waals surface area contributed by atoms with E-state index in [1.54, 1.807) is 21.3 Å². The van der Waals surface area contributed by atoms with Gasteiger partial charge in [-0.05, 0) is 54.3 Å². The van der Waals surface area contributed by atoms with Crippen LogP contribution < -0.4 is 24.8 Å². The zero-order valence-electron chi connectivity index (χ0n) is 19.9. The van der Waals surface area contributed by atoms with Crippen LogP contribution in [-0.4, -0.2) is 27.1 Å². The van der Waals surface area contributed by atoms with Gasteiger partial charge in [-0.2, -0.15) is 0 Å². The van der Waals surface area contributed by atoms with Gasteiger partial charge in [-0.15, -0.1) is 0 Å². The van der Waals surface area contributed by atoms with Crippen molar-refractivity contribution in [2.24, 2.45) is 0 Å². The lowest BCUT2D eigenvalue weighted by atomic mass is 9.78. The summed E-state index contributed by atoms with van der Waals surface area (Å²) in [6.45, 7) is 0. The molecule has 0 amide bonds. The zero-order valence-corrected chi connectivity index (χ0v) is 20.6. The van der Waals surface area contributed by atoms with Crippen LogP contribution in [-0.2, 0) is 4.79 Å². The predicted molar refractivity (Wildman–Crippen MR) is 138 cm³/mol. The van der Waals surface area contributed by atoms with Crippen molar-refractivity contribution < 1.29 is 19.0 Å². The molecule has 180 valence electrons. The Kier molecular flexibility index (Phi) is 6.31. The van der Waals surface area contributed by atoms with Crippen LogP contribution in [0.25, 0.3) is 0 Å². The van der Waals surface area contributed by atoms with E-state index in [-0.39, 0.29) is 11.7 Å². The van der Waals surface area contributed by atoms with Crippen molar-refractivity contribution in [1.82, 2.24) is 0 Å². The summed E-state index contributed by atoms with van der Waals surface area (Å²) < 4.78 is 16.9. The molecule has 0 saturated carbocycles. The lowest BCUT2D eigenvalue weighted by molar-refractivity contribution is -0.116. The summed E-state index contributed by atoms with van der Waals surface area (Å²) in [4.78, 5) is 13.8. The maximum atomic E-state index is 13.8. The quantitative estimate of drug-likeness (QED) is 0.434. The predicted octanol–water partition coefficient (Wildman–Crippen LogP) is 6.35. The summed E-state index contributed by atoms with van der Waals surface area (Å²) in [5.41, 5.74) is 5.33. The third kappa shape index (κ3) is 4.19. The Bertz CT molecular complexity index is 1300. The Labute approximate surface area is 209 Å². The Morgan fingerprint density at radius 1 is 0.829 bits per heavy atom. The first-order chi connectivity index (χ1) is 17.0. The van der Waals surface area contributed by atoms with Gasteiger partial charge in [0.25, 0.3) is 0 Å². The van der Waals surface area contributed by atoms with Crippen LogP contribution in [0.15, 0.2) is 71.9 Å². The Morgan fingerprint density at radius 3 is 2.23 bits per heavy atom. The second-order valence-corrected chi connectivity index (χ2v) is 9.08. The highest BCUT2D eigenvalue weighted by Crippen LogP contribution is 2.49. The molecule has 1 heterocycles. The van der Waals surface area contributed by atoms with E-state index < -0.39 is 6.04 Å². The van der Waals surface area contributed by atoms with Crippen molar-refractivity contribution in [2.45, 2.75) is 24.8 Å². The molecule has 1 aliphatic heterocycles. The normalized spacial score (nSPS) is 19.0. The van der Waals surface area contributed by atoms with Gasteiger partial charge in [0.2, 0.25) is 5.75 Å². The van der Waals surface area contributed by atoms with Crippen LogP contribution in [0, 0.1) is 0 Å². The second kappa shape index (κ2) is 9.55. The first-order valence-electron chi connectivity index (χ1n) is 11.5. The van der Waals surface area contributed by atoms with Crippen LogP contribution in [0.5, 0.6) is 17.2 Å². The number of ketones is 1. The van der Waals surface area contributed by atoms with Crippen molar-refractivity contribution in [2.75, 3.05) is 32.0 Å². The van der Waals surface area contributed by atoms with Crippen LogP contribution in [0.4, 0.5) is 11.4 Å². The number of hydrogen-bond donors (Lipinski definition) is 2. The molecule has 35 heavy (non-hydrogen) atoms. The average molecular weight is 491 g/mol. The summed E-state index contributed by atoms with van der Waals surface area (Å²) in [6, 6.07) is 19.1. The van der Waals surface area contributed by atoms with Gasteiger partial charge in [0.05, 0.1) is 38.7 Å². The third-order valence-electron chi connectivity index (χ3n) is 6.70. The molecule has 6 nitrogen and oxygen atoms in total. The number of anilines is 2. The fraction of sp³-hybridized carbons (Fsp3) is 0.250. The number of hydrogen-bond acceptors (Lipinski definition) is 6. The number of Topliss-reactive ketones (excluding diaryl/α,β-unsaturated/α-hetero) is 1. The molecule has 0 saturated heterocycles.